The van der Waals surface area contributed by atoms with E-state index in [9.17, 15) is 24.6 Å². The summed E-state index contributed by atoms with van der Waals surface area (Å²) in [6.45, 7) is 0. The predicted molar refractivity (Wildman–Crippen MR) is 45.2 cm³/mol. The van der Waals surface area contributed by atoms with Crippen LogP contribution in [0.25, 0.3) is 0 Å². The average molecular weight is 318 g/mol. The number of carboxylic acids is 3. The summed E-state index contributed by atoms with van der Waals surface area (Å²) in [5.41, 5.74) is -2.86. The molecule has 0 aromatic heterocycles. The second-order valence-electron chi connectivity index (χ2n) is 2.67. The summed E-state index contributed by atoms with van der Waals surface area (Å²) in [6.07, 6.45) is -2.59. The topological polar surface area (TPSA) is 195 Å². The first-order valence-electron chi connectivity index (χ1n) is 3.66. The average Bonchev–Trinajstić information content (AvgIpc) is 1.98. The van der Waals surface area contributed by atoms with Gasteiger partial charge in [0.05, 0.1) is 0 Å². The van der Waals surface area contributed by atoms with Gasteiger partial charge in [-0.1, -0.05) is 0 Å². The summed E-state index contributed by atoms with van der Waals surface area (Å²) >= 11 is -2.61. The Morgan fingerprint density at radius 2 is 1.21 bits per heavy atom. The number of rotatable bonds is 5. The van der Waals surface area contributed by atoms with E-state index >= 15 is 0 Å². The zero-order valence-corrected chi connectivity index (χ0v) is 14.9. The quantitative estimate of drug-likeness (QED) is 0.279. The molecule has 0 amide bonds. The molecular formula is C6H8Na2O10S. The van der Waals surface area contributed by atoms with Gasteiger partial charge >= 0.3 is 65.1 Å². The minimum atomic E-state index is -2.86. The zero-order chi connectivity index (χ0) is 14.2. The molecule has 0 unspecified atom stereocenters. The number of carboxylic acid groups (broad SMARTS) is 3. The van der Waals surface area contributed by atoms with Gasteiger partial charge in [0.15, 0.2) is 5.60 Å². The molecule has 0 aliphatic heterocycles. The Morgan fingerprint density at radius 1 is 1.00 bits per heavy atom. The Labute approximate surface area is 153 Å². The molecule has 10 nitrogen and oxygen atoms in total. The van der Waals surface area contributed by atoms with Gasteiger partial charge in [-0.25, -0.2) is 4.79 Å². The van der Waals surface area contributed by atoms with E-state index in [1.54, 1.807) is 0 Å². The van der Waals surface area contributed by atoms with Crippen LogP contribution in [0.4, 0.5) is 0 Å². The van der Waals surface area contributed by atoms with Crippen LogP contribution in [0.2, 0.25) is 0 Å². The van der Waals surface area contributed by atoms with Crippen LogP contribution in [0, 0.1) is 0 Å². The molecule has 0 aliphatic carbocycles. The molecule has 0 aliphatic rings. The number of hydrogen-bond donors (Lipinski definition) is 4. The van der Waals surface area contributed by atoms with Crippen LogP contribution >= 0.6 is 0 Å². The smallest absolute Gasteiger partial charge is 0.550 e. The van der Waals surface area contributed by atoms with E-state index in [1.165, 1.54) is 0 Å². The molecule has 0 rings (SSSR count). The van der Waals surface area contributed by atoms with E-state index in [1.807, 2.05) is 0 Å². The van der Waals surface area contributed by atoms with Crippen LogP contribution < -0.4 is 69.3 Å². The van der Waals surface area contributed by atoms with Crippen molar-refractivity contribution < 1.29 is 107 Å². The van der Waals surface area contributed by atoms with E-state index < -0.39 is 47.7 Å². The van der Waals surface area contributed by atoms with Gasteiger partial charge in [-0.2, -0.15) is 4.21 Å². The normalized spacial score (nSPS) is 9.26. The first-order chi connectivity index (χ1) is 7.51. The molecule has 19 heavy (non-hydrogen) atoms. The fraction of sp³-hybridized carbons (Fsp3) is 0.500. The first-order valence-corrected chi connectivity index (χ1v) is 4.73. The van der Waals surface area contributed by atoms with E-state index in [-0.39, 0.29) is 59.1 Å². The molecule has 0 saturated carbocycles. The second-order valence-corrected chi connectivity index (χ2v) is 3.13. The Hall–Kier alpha value is 0.440. The summed E-state index contributed by atoms with van der Waals surface area (Å²) < 4.78 is 22.8. The molecule has 0 atom stereocenters. The minimum Gasteiger partial charge on any atom is -0.550 e. The summed E-state index contributed by atoms with van der Waals surface area (Å²) in [5, 5.41) is 37.2. The van der Waals surface area contributed by atoms with Crippen molar-refractivity contribution in [3.8, 4) is 0 Å². The van der Waals surface area contributed by atoms with Crippen molar-refractivity contribution in [2.45, 2.75) is 18.4 Å². The SMILES string of the molecule is O=C([O-])CC(O)(CC(=O)[O-])C(=O)O.O=S(O)O.[Na+].[Na+]. The van der Waals surface area contributed by atoms with Gasteiger partial charge in [-0.05, 0) is 0 Å². The number of aliphatic hydroxyl groups is 1. The van der Waals surface area contributed by atoms with Crippen molar-refractivity contribution in [1.29, 1.82) is 0 Å². The molecule has 100 valence electrons. The van der Waals surface area contributed by atoms with Crippen LogP contribution in [0.15, 0.2) is 0 Å². The summed E-state index contributed by atoms with van der Waals surface area (Å²) in [5.74, 6) is -5.65. The Kier molecular flexibility index (Phi) is 19.6. The molecule has 0 aromatic carbocycles. The van der Waals surface area contributed by atoms with Gasteiger partial charge in [0, 0.05) is 24.8 Å². The molecule has 4 N–H and O–H groups in total. The maximum absolute atomic E-state index is 10.3. The summed E-state index contributed by atoms with van der Waals surface area (Å²) in [7, 11) is 0. The number of carbonyl (C=O) groups excluding carboxylic acids is 2. The second kappa shape index (κ2) is 13.4. The summed E-state index contributed by atoms with van der Waals surface area (Å²) in [4.78, 5) is 30.2. The van der Waals surface area contributed by atoms with Crippen molar-refractivity contribution in [1.82, 2.24) is 0 Å². The van der Waals surface area contributed by atoms with Crippen LogP contribution in [0.1, 0.15) is 12.8 Å². The molecule has 13 heteroatoms. The maximum Gasteiger partial charge on any atom is 1.00 e. The minimum absolute atomic E-state index is 0. The number of aliphatic carboxylic acids is 3. The third kappa shape index (κ3) is 18.4. The summed E-state index contributed by atoms with van der Waals surface area (Å²) in [6, 6.07) is 0. The van der Waals surface area contributed by atoms with Crippen molar-refractivity contribution >= 4 is 29.3 Å². The Balaban J connectivity index is -0.000000165. The fourth-order valence-corrected chi connectivity index (χ4v) is 0.691. The Morgan fingerprint density at radius 3 is 1.32 bits per heavy atom. The van der Waals surface area contributed by atoms with Gasteiger partial charge in [0.2, 0.25) is 0 Å². The molecular weight excluding hydrogens is 310 g/mol. The van der Waals surface area contributed by atoms with Crippen molar-refractivity contribution in [2.75, 3.05) is 0 Å². The van der Waals surface area contributed by atoms with Crippen molar-refractivity contribution in [2.24, 2.45) is 0 Å². The molecule has 0 spiro atoms. The van der Waals surface area contributed by atoms with Gasteiger partial charge in [-0.15, -0.1) is 0 Å². The zero-order valence-electron chi connectivity index (χ0n) is 10.1. The van der Waals surface area contributed by atoms with Crippen LogP contribution in [-0.2, 0) is 25.7 Å². The Bertz CT molecular complexity index is 312. The van der Waals surface area contributed by atoms with E-state index in [2.05, 4.69) is 0 Å². The maximum atomic E-state index is 10.3. The van der Waals surface area contributed by atoms with Crippen LogP contribution in [0.3, 0.4) is 0 Å². The van der Waals surface area contributed by atoms with Gasteiger partial charge in [-0.3, -0.25) is 9.11 Å². The van der Waals surface area contributed by atoms with E-state index in [4.69, 9.17) is 23.5 Å². The van der Waals surface area contributed by atoms with Gasteiger partial charge < -0.3 is 30.0 Å². The molecule has 0 bridgehead atoms. The van der Waals surface area contributed by atoms with E-state index in [0.29, 0.717) is 0 Å². The number of hydrogen-bond acceptors (Lipinski definition) is 7. The largest absolute Gasteiger partial charge is 1.00 e. The van der Waals surface area contributed by atoms with Gasteiger partial charge in [0.25, 0.3) is 11.4 Å². The molecule has 0 heterocycles. The van der Waals surface area contributed by atoms with Crippen molar-refractivity contribution in [3.05, 3.63) is 0 Å². The first kappa shape index (κ1) is 27.7. The van der Waals surface area contributed by atoms with Crippen LogP contribution in [-0.4, -0.2) is 47.0 Å². The van der Waals surface area contributed by atoms with E-state index in [0.717, 1.165) is 0 Å². The standard InChI is InChI=1S/C6H8O7.2Na.H2O3S/c7-3(8)1-6(13,5(11)12)2-4(9)10;;;1-4(2)3/h13H,1-2H2,(H,7,8)(H,9,10)(H,11,12);;;(H2,1,2,3)/q;2*+1;/p-2. The monoisotopic (exact) mass is 318 g/mol. The van der Waals surface area contributed by atoms with Crippen molar-refractivity contribution in [3.63, 3.8) is 0 Å². The third-order valence-corrected chi connectivity index (χ3v) is 1.27. The molecule has 0 fully saturated rings. The van der Waals surface area contributed by atoms with Crippen LogP contribution in [0.5, 0.6) is 0 Å². The molecule has 0 radical (unpaired) electrons. The third-order valence-electron chi connectivity index (χ3n) is 1.27. The fourth-order valence-electron chi connectivity index (χ4n) is 0.691. The predicted octanol–water partition coefficient (Wildman–Crippen LogP) is -10.2. The molecule has 0 aromatic rings. The van der Waals surface area contributed by atoms with Gasteiger partial charge in [0.1, 0.15) is 0 Å². The molecule has 0 saturated heterocycles. The number of carbonyl (C=O) groups is 3.